The summed E-state index contributed by atoms with van der Waals surface area (Å²) in [4.78, 5) is 16.8. The third-order valence-electron chi connectivity index (χ3n) is 4.57. The molecule has 0 radical (unpaired) electrons. The molecule has 4 rings (SSSR count). The molecule has 1 aromatic carbocycles. The van der Waals surface area contributed by atoms with E-state index >= 15 is 0 Å². The fourth-order valence-electron chi connectivity index (χ4n) is 3.14. The van der Waals surface area contributed by atoms with Gasteiger partial charge >= 0.3 is 0 Å². The van der Waals surface area contributed by atoms with E-state index in [1.165, 1.54) is 0 Å². The van der Waals surface area contributed by atoms with Crippen molar-refractivity contribution in [3.8, 4) is 11.6 Å². The summed E-state index contributed by atoms with van der Waals surface area (Å²) < 4.78 is 11.4. The molecule has 3 aromatic rings. The van der Waals surface area contributed by atoms with Crippen molar-refractivity contribution in [1.82, 2.24) is 15.2 Å². The molecule has 1 fully saturated rings. The van der Waals surface area contributed by atoms with E-state index in [1.807, 2.05) is 30.3 Å². The maximum atomic E-state index is 12.4. The van der Waals surface area contributed by atoms with E-state index in [1.54, 1.807) is 0 Å². The van der Waals surface area contributed by atoms with E-state index in [2.05, 4.69) is 27.4 Å². The monoisotopic (exact) mass is 340 g/mol. The smallest absolute Gasteiger partial charge is 0.249 e. The number of carbonyl (C=O) groups is 1. The molecule has 0 bridgehead atoms. The van der Waals surface area contributed by atoms with E-state index in [-0.39, 0.29) is 23.9 Å². The van der Waals surface area contributed by atoms with E-state index < -0.39 is 0 Å². The molecule has 2 N–H and O–H groups in total. The molecule has 2 atom stereocenters. The lowest BCUT2D eigenvalue weighted by Crippen LogP contribution is -2.33. The molecule has 2 aromatic heterocycles. The number of fused-ring (bicyclic) bond motifs is 1. The third kappa shape index (κ3) is 3.28. The minimum atomic E-state index is -0.0631. The fourth-order valence-corrected chi connectivity index (χ4v) is 3.14. The lowest BCUT2D eigenvalue weighted by atomic mass is 9.93. The Morgan fingerprint density at radius 2 is 2.28 bits per heavy atom. The maximum absolute atomic E-state index is 12.4. The van der Waals surface area contributed by atoms with Crippen LogP contribution in [0.3, 0.4) is 0 Å². The van der Waals surface area contributed by atoms with Crippen molar-refractivity contribution in [3.63, 3.8) is 0 Å². The van der Waals surface area contributed by atoms with Gasteiger partial charge in [0.15, 0.2) is 11.6 Å². The van der Waals surface area contributed by atoms with Crippen LogP contribution in [-0.2, 0) is 9.53 Å². The molecule has 1 saturated heterocycles. The Labute approximate surface area is 144 Å². The number of amides is 1. The number of nitrogens with zero attached hydrogens (tertiary/aromatic N) is 2. The average molecular weight is 340 g/mol. The second-order valence-electron chi connectivity index (χ2n) is 6.27. The fraction of sp³-hybridized carbons (Fsp3) is 0.389. The molecular formula is C18H20N4O3. The number of ether oxygens (including phenoxy) is 1. The summed E-state index contributed by atoms with van der Waals surface area (Å²) in [6, 6.07) is 9.62. The van der Waals surface area contributed by atoms with Crippen LogP contribution in [-0.4, -0.2) is 33.8 Å². The first-order valence-corrected chi connectivity index (χ1v) is 8.56. The molecule has 0 saturated carbocycles. The summed E-state index contributed by atoms with van der Waals surface area (Å²) in [5, 5.41) is 10.7. The van der Waals surface area contributed by atoms with Gasteiger partial charge in [-0.05, 0) is 31.4 Å². The van der Waals surface area contributed by atoms with Crippen LogP contribution in [0, 0.1) is 5.92 Å². The van der Waals surface area contributed by atoms with Gasteiger partial charge in [-0.2, -0.15) is 4.98 Å². The number of benzene rings is 1. The number of rotatable bonds is 4. The highest BCUT2D eigenvalue weighted by Crippen LogP contribution is 2.26. The van der Waals surface area contributed by atoms with Gasteiger partial charge in [-0.25, -0.2) is 0 Å². The van der Waals surface area contributed by atoms with Crippen molar-refractivity contribution in [2.75, 3.05) is 11.9 Å². The molecule has 25 heavy (non-hydrogen) atoms. The lowest BCUT2D eigenvalue weighted by Gasteiger charge is -2.27. The van der Waals surface area contributed by atoms with Gasteiger partial charge in [0.1, 0.15) is 5.58 Å². The highest BCUT2D eigenvalue weighted by Gasteiger charge is 2.27. The van der Waals surface area contributed by atoms with Crippen molar-refractivity contribution in [1.29, 1.82) is 0 Å². The van der Waals surface area contributed by atoms with Gasteiger partial charge in [-0.1, -0.05) is 25.1 Å². The van der Waals surface area contributed by atoms with Gasteiger partial charge in [0.25, 0.3) is 0 Å². The summed E-state index contributed by atoms with van der Waals surface area (Å²) >= 11 is 0. The molecule has 1 amide bonds. The molecule has 2 unspecified atom stereocenters. The van der Waals surface area contributed by atoms with Crippen LogP contribution in [0.4, 0.5) is 5.95 Å². The first-order valence-electron chi connectivity index (χ1n) is 8.56. The summed E-state index contributed by atoms with van der Waals surface area (Å²) in [5.41, 5.74) is 0.785. The van der Waals surface area contributed by atoms with E-state index in [0.29, 0.717) is 18.2 Å². The molecule has 1 aliphatic heterocycles. The number of H-pyrrole nitrogens is 1. The third-order valence-corrected chi connectivity index (χ3v) is 4.57. The van der Waals surface area contributed by atoms with Gasteiger partial charge in [0.2, 0.25) is 11.9 Å². The van der Waals surface area contributed by atoms with Gasteiger partial charge in [0.05, 0.1) is 6.10 Å². The quantitative estimate of drug-likeness (QED) is 0.759. The Hall–Kier alpha value is -2.67. The molecule has 130 valence electrons. The Bertz CT molecular complexity index is 852. The van der Waals surface area contributed by atoms with E-state index in [4.69, 9.17) is 9.15 Å². The van der Waals surface area contributed by atoms with Crippen LogP contribution >= 0.6 is 0 Å². The van der Waals surface area contributed by atoms with Gasteiger partial charge in [-0.15, -0.1) is 5.10 Å². The number of furan rings is 1. The molecule has 0 aliphatic carbocycles. The maximum Gasteiger partial charge on any atom is 0.249 e. The number of aromatic nitrogens is 3. The minimum absolute atomic E-state index is 0.0584. The number of aromatic amines is 1. The highest BCUT2D eigenvalue weighted by atomic mass is 16.5. The second kappa shape index (κ2) is 6.68. The normalized spacial score (nSPS) is 20.7. The molecule has 1 aliphatic rings. The Balaban J connectivity index is 1.46. The van der Waals surface area contributed by atoms with Gasteiger partial charge < -0.3 is 9.15 Å². The van der Waals surface area contributed by atoms with Crippen LogP contribution in [0.25, 0.3) is 22.6 Å². The van der Waals surface area contributed by atoms with E-state index in [0.717, 1.165) is 30.2 Å². The van der Waals surface area contributed by atoms with Gasteiger partial charge in [0, 0.05) is 17.9 Å². The summed E-state index contributed by atoms with van der Waals surface area (Å²) in [6.45, 7) is 2.69. The molecule has 0 spiro atoms. The van der Waals surface area contributed by atoms with E-state index in [9.17, 15) is 4.79 Å². The number of hydrogen-bond acceptors (Lipinski definition) is 5. The van der Waals surface area contributed by atoms with Crippen LogP contribution in [0.2, 0.25) is 0 Å². The van der Waals surface area contributed by atoms with Crippen molar-refractivity contribution in [2.24, 2.45) is 5.92 Å². The first-order chi connectivity index (χ1) is 12.2. The molecule has 7 heteroatoms. The zero-order valence-corrected chi connectivity index (χ0v) is 14.0. The number of hydrogen-bond donors (Lipinski definition) is 2. The predicted molar refractivity (Wildman–Crippen MR) is 93.0 cm³/mol. The second-order valence-corrected chi connectivity index (χ2v) is 6.27. The molecular weight excluding hydrogens is 320 g/mol. The SMILES string of the molecule is CCC1CC(C(=O)Nc2n[nH]c(-c3cc4ccccc4o3)n2)CCO1. The topological polar surface area (TPSA) is 93.0 Å². The van der Waals surface area contributed by atoms with Crippen molar-refractivity contribution in [2.45, 2.75) is 32.3 Å². The first kappa shape index (κ1) is 15.8. The zero-order valence-electron chi connectivity index (χ0n) is 14.0. The Kier molecular flexibility index (Phi) is 4.23. The zero-order chi connectivity index (χ0) is 17.2. The number of para-hydroxylation sites is 1. The number of carbonyl (C=O) groups excluding carboxylic acids is 1. The van der Waals surface area contributed by atoms with Crippen LogP contribution in [0.1, 0.15) is 26.2 Å². The van der Waals surface area contributed by atoms with Crippen molar-refractivity contribution in [3.05, 3.63) is 30.3 Å². The lowest BCUT2D eigenvalue weighted by molar-refractivity contribution is -0.124. The number of anilines is 1. The minimum Gasteiger partial charge on any atom is -0.453 e. The van der Waals surface area contributed by atoms with Crippen LogP contribution in [0.5, 0.6) is 0 Å². The van der Waals surface area contributed by atoms with Crippen LogP contribution < -0.4 is 5.32 Å². The summed E-state index contributed by atoms with van der Waals surface area (Å²) in [5.74, 6) is 1.22. The summed E-state index contributed by atoms with van der Waals surface area (Å²) in [7, 11) is 0. The molecule has 3 heterocycles. The Morgan fingerprint density at radius 1 is 1.40 bits per heavy atom. The Morgan fingerprint density at radius 3 is 3.12 bits per heavy atom. The predicted octanol–water partition coefficient (Wildman–Crippen LogP) is 3.36. The highest BCUT2D eigenvalue weighted by molar-refractivity contribution is 5.91. The van der Waals surface area contributed by atoms with Crippen LogP contribution in [0.15, 0.2) is 34.7 Å². The average Bonchev–Trinajstić information content (AvgIpc) is 3.28. The standard InChI is InChI=1S/C18H20N4O3/c1-2-13-9-12(7-8-24-13)17(23)20-18-19-16(21-22-18)15-10-11-5-3-4-6-14(11)25-15/h3-6,10,12-13H,2,7-9H2,1H3,(H2,19,20,21,22,23). The largest absolute Gasteiger partial charge is 0.453 e. The van der Waals surface area contributed by atoms with Crippen molar-refractivity contribution >= 4 is 22.8 Å². The number of nitrogens with one attached hydrogen (secondary N) is 2. The van der Waals surface area contributed by atoms with Crippen molar-refractivity contribution < 1.29 is 13.9 Å². The molecule has 7 nitrogen and oxygen atoms in total. The van der Waals surface area contributed by atoms with Gasteiger partial charge in [-0.3, -0.25) is 15.2 Å². The summed E-state index contributed by atoms with van der Waals surface area (Å²) in [6.07, 6.45) is 2.54.